The van der Waals surface area contributed by atoms with E-state index in [1.807, 2.05) is 0 Å². The summed E-state index contributed by atoms with van der Waals surface area (Å²) in [6, 6.07) is 12.7. The van der Waals surface area contributed by atoms with Gasteiger partial charge in [0.05, 0.1) is 4.90 Å². The van der Waals surface area contributed by atoms with Crippen LogP contribution in [0.5, 0.6) is 5.75 Å². The molecule has 162 valence electrons. The zero-order valence-corrected chi connectivity index (χ0v) is 19.0. The van der Waals surface area contributed by atoms with Crippen molar-refractivity contribution >= 4 is 43.5 Å². The van der Waals surface area contributed by atoms with Crippen molar-refractivity contribution < 1.29 is 27.5 Å². The molecule has 0 atom stereocenters. The molecule has 30 heavy (non-hydrogen) atoms. The lowest BCUT2D eigenvalue weighted by Crippen LogP contribution is -2.30. The average Bonchev–Trinajstić information content (AvgIpc) is 2.73. The van der Waals surface area contributed by atoms with E-state index in [1.165, 1.54) is 28.6 Å². The summed E-state index contributed by atoms with van der Waals surface area (Å²) in [6.45, 7) is 3.46. The summed E-state index contributed by atoms with van der Waals surface area (Å²) in [5, 5.41) is 2.54. The third-order valence-corrected chi connectivity index (χ3v) is 6.61. The molecule has 10 heteroatoms. The number of carbonyl (C=O) groups excluding carboxylic acids is 2. The summed E-state index contributed by atoms with van der Waals surface area (Å²) >= 11 is 3.30. The molecule has 1 amide bonds. The van der Waals surface area contributed by atoms with Crippen molar-refractivity contribution in [2.75, 3.05) is 31.6 Å². The zero-order valence-electron chi connectivity index (χ0n) is 16.6. The Morgan fingerprint density at radius 3 is 2.13 bits per heavy atom. The quantitative estimate of drug-likeness (QED) is 0.505. The predicted octanol–water partition coefficient (Wildman–Crippen LogP) is 3.04. The first-order valence-electron chi connectivity index (χ1n) is 9.20. The smallest absolute Gasteiger partial charge is 0.344 e. The highest BCUT2D eigenvalue weighted by molar-refractivity contribution is 9.10. The number of sulfonamides is 1. The molecule has 0 bridgehead atoms. The van der Waals surface area contributed by atoms with Gasteiger partial charge >= 0.3 is 5.97 Å². The number of hydrogen-bond acceptors (Lipinski definition) is 6. The first kappa shape index (κ1) is 23.8. The monoisotopic (exact) mass is 498 g/mol. The molecular weight excluding hydrogens is 476 g/mol. The number of hydrogen-bond donors (Lipinski definition) is 1. The number of carbonyl (C=O) groups is 2. The fraction of sp³-hybridized carbons (Fsp3) is 0.300. The minimum Gasteiger partial charge on any atom is -0.482 e. The minimum absolute atomic E-state index is 0.140. The van der Waals surface area contributed by atoms with Crippen molar-refractivity contribution in [2.24, 2.45) is 0 Å². The van der Waals surface area contributed by atoms with Gasteiger partial charge in [-0.15, -0.1) is 0 Å². The lowest BCUT2D eigenvalue weighted by atomic mass is 10.3. The second-order valence-corrected chi connectivity index (χ2v) is 8.92. The molecule has 1 N–H and O–H groups in total. The summed E-state index contributed by atoms with van der Waals surface area (Å²) in [6.07, 6.45) is 0. The number of halogens is 1. The average molecular weight is 499 g/mol. The van der Waals surface area contributed by atoms with E-state index >= 15 is 0 Å². The topological polar surface area (TPSA) is 102 Å². The first-order valence-corrected chi connectivity index (χ1v) is 11.4. The SMILES string of the molecule is CCN(CC)S(=O)(=O)c1ccc(NC(=O)COC(=O)COc2ccc(Br)cc2)cc1. The van der Waals surface area contributed by atoms with Crippen LogP contribution in [0.3, 0.4) is 0 Å². The van der Waals surface area contributed by atoms with Gasteiger partial charge in [-0.3, -0.25) is 4.79 Å². The Kier molecular flexibility index (Phi) is 8.82. The lowest BCUT2D eigenvalue weighted by Gasteiger charge is -2.18. The molecule has 0 saturated carbocycles. The van der Waals surface area contributed by atoms with Crippen LogP contribution < -0.4 is 10.1 Å². The molecule has 0 fully saturated rings. The molecule has 0 aromatic heterocycles. The van der Waals surface area contributed by atoms with Gasteiger partial charge in [0.1, 0.15) is 5.75 Å². The number of amides is 1. The Hall–Kier alpha value is -2.43. The van der Waals surface area contributed by atoms with Gasteiger partial charge in [-0.2, -0.15) is 4.31 Å². The second-order valence-electron chi connectivity index (χ2n) is 6.07. The van der Waals surface area contributed by atoms with Gasteiger partial charge in [0.2, 0.25) is 10.0 Å². The van der Waals surface area contributed by atoms with Gasteiger partial charge in [-0.25, -0.2) is 13.2 Å². The molecule has 0 spiro atoms. The van der Waals surface area contributed by atoms with Crippen LogP contribution in [0.4, 0.5) is 5.69 Å². The van der Waals surface area contributed by atoms with E-state index in [4.69, 9.17) is 9.47 Å². The Morgan fingerprint density at radius 1 is 0.967 bits per heavy atom. The van der Waals surface area contributed by atoms with E-state index in [-0.39, 0.29) is 11.5 Å². The minimum atomic E-state index is -3.56. The van der Waals surface area contributed by atoms with Crippen LogP contribution in [0.15, 0.2) is 57.9 Å². The fourth-order valence-electron chi connectivity index (χ4n) is 2.48. The summed E-state index contributed by atoms with van der Waals surface area (Å²) in [5.74, 6) is -0.737. The predicted molar refractivity (Wildman–Crippen MR) is 116 cm³/mol. The van der Waals surface area contributed by atoms with Crippen LogP contribution in [0, 0.1) is 0 Å². The molecule has 2 rings (SSSR count). The van der Waals surface area contributed by atoms with Crippen molar-refractivity contribution in [3.05, 3.63) is 53.0 Å². The van der Waals surface area contributed by atoms with Crippen LogP contribution in [0.2, 0.25) is 0 Å². The maximum atomic E-state index is 12.5. The van der Waals surface area contributed by atoms with Gasteiger partial charge in [0.15, 0.2) is 13.2 Å². The standard InChI is InChI=1S/C20H23BrN2O6S/c1-3-23(4-2)30(26,27)18-11-7-16(8-12-18)22-19(24)13-29-20(25)14-28-17-9-5-15(21)6-10-17/h5-12H,3-4,13-14H2,1-2H3,(H,22,24). The number of nitrogens with one attached hydrogen (secondary N) is 1. The Bertz CT molecular complexity index is 958. The molecule has 0 aliphatic heterocycles. The van der Waals surface area contributed by atoms with E-state index in [0.717, 1.165) is 4.47 Å². The molecule has 2 aromatic rings. The van der Waals surface area contributed by atoms with Crippen LogP contribution >= 0.6 is 15.9 Å². The zero-order chi connectivity index (χ0) is 22.1. The van der Waals surface area contributed by atoms with Crippen molar-refractivity contribution in [1.29, 1.82) is 0 Å². The van der Waals surface area contributed by atoms with E-state index in [9.17, 15) is 18.0 Å². The highest BCUT2D eigenvalue weighted by Gasteiger charge is 2.21. The van der Waals surface area contributed by atoms with Gasteiger partial charge in [0, 0.05) is 23.2 Å². The van der Waals surface area contributed by atoms with Crippen LogP contribution in [0.1, 0.15) is 13.8 Å². The molecule has 0 heterocycles. The molecule has 8 nitrogen and oxygen atoms in total. The molecule has 0 saturated heterocycles. The number of rotatable bonds is 10. The van der Waals surface area contributed by atoms with Gasteiger partial charge in [-0.1, -0.05) is 29.8 Å². The number of benzene rings is 2. The highest BCUT2D eigenvalue weighted by atomic mass is 79.9. The van der Waals surface area contributed by atoms with E-state index in [1.54, 1.807) is 38.1 Å². The number of nitrogens with zero attached hydrogens (tertiary/aromatic N) is 1. The summed E-state index contributed by atoms with van der Waals surface area (Å²) < 4.78 is 37.3. The van der Waals surface area contributed by atoms with Crippen molar-refractivity contribution in [3.8, 4) is 5.75 Å². The molecular formula is C20H23BrN2O6S. The van der Waals surface area contributed by atoms with E-state index < -0.39 is 28.5 Å². The van der Waals surface area contributed by atoms with Crippen molar-refractivity contribution in [3.63, 3.8) is 0 Å². The number of ether oxygens (including phenoxy) is 2. The van der Waals surface area contributed by atoms with E-state index in [0.29, 0.717) is 24.5 Å². The van der Waals surface area contributed by atoms with Crippen molar-refractivity contribution in [1.82, 2.24) is 4.31 Å². The third kappa shape index (κ3) is 6.82. The van der Waals surface area contributed by atoms with Crippen LogP contribution in [-0.4, -0.2) is 50.9 Å². The Balaban J connectivity index is 1.81. The third-order valence-electron chi connectivity index (χ3n) is 4.02. The Morgan fingerprint density at radius 2 is 1.57 bits per heavy atom. The van der Waals surface area contributed by atoms with Crippen LogP contribution in [-0.2, 0) is 24.3 Å². The second kappa shape index (κ2) is 11.1. The molecule has 0 aliphatic rings. The maximum absolute atomic E-state index is 12.5. The van der Waals surface area contributed by atoms with Gasteiger partial charge in [-0.05, 0) is 48.5 Å². The maximum Gasteiger partial charge on any atom is 0.344 e. The lowest BCUT2D eigenvalue weighted by molar-refractivity contribution is -0.149. The number of esters is 1. The largest absolute Gasteiger partial charge is 0.482 e. The number of anilines is 1. The molecule has 0 radical (unpaired) electrons. The summed E-state index contributed by atoms with van der Waals surface area (Å²) in [4.78, 5) is 23.8. The van der Waals surface area contributed by atoms with E-state index in [2.05, 4.69) is 21.2 Å². The fourth-order valence-corrected chi connectivity index (χ4v) is 4.20. The summed E-state index contributed by atoms with van der Waals surface area (Å²) in [5.41, 5.74) is 0.389. The van der Waals surface area contributed by atoms with Gasteiger partial charge in [0.25, 0.3) is 5.91 Å². The Labute approximate surface area is 184 Å². The highest BCUT2D eigenvalue weighted by Crippen LogP contribution is 2.18. The van der Waals surface area contributed by atoms with Crippen molar-refractivity contribution in [2.45, 2.75) is 18.7 Å². The van der Waals surface area contributed by atoms with Gasteiger partial charge < -0.3 is 14.8 Å². The molecule has 2 aromatic carbocycles. The summed E-state index contributed by atoms with van der Waals surface area (Å²) in [7, 11) is -3.56. The molecule has 0 aliphatic carbocycles. The first-order chi connectivity index (χ1) is 14.3. The normalized spacial score (nSPS) is 11.2. The molecule has 0 unspecified atom stereocenters. The van der Waals surface area contributed by atoms with Crippen LogP contribution in [0.25, 0.3) is 0 Å².